The second kappa shape index (κ2) is 3.71. The molecular weight excluding hydrogens is 178 g/mol. The smallest absolute Gasteiger partial charge is 0.0914 e. The van der Waals surface area contributed by atoms with E-state index in [1.54, 1.807) is 0 Å². The first-order valence-electron chi connectivity index (χ1n) is 5.11. The van der Waals surface area contributed by atoms with Crippen LogP contribution < -0.4 is 5.32 Å². The zero-order valence-electron chi connectivity index (χ0n) is 8.64. The monoisotopic (exact) mass is 195 g/mol. The molecule has 0 aliphatic carbocycles. The average Bonchev–Trinajstić information content (AvgIpc) is 2.71. The molecule has 78 valence electrons. The van der Waals surface area contributed by atoms with Crippen LogP contribution in [0, 0.1) is 0 Å². The summed E-state index contributed by atoms with van der Waals surface area (Å²) in [5.74, 6) is 0.496. The Balaban J connectivity index is 2.16. The summed E-state index contributed by atoms with van der Waals surface area (Å²) in [6.07, 6.45) is 3.61. The van der Waals surface area contributed by atoms with Crippen LogP contribution in [0.15, 0.2) is 12.4 Å². The molecule has 0 radical (unpaired) electrons. The maximum Gasteiger partial charge on any atom is 0.0914 e. The molecule has 2 unspecified atom stereocenters. The summed E-state index contributed by atoms with van der Waals surface area (Å²) in [7, 11) is 0. The molecule has 1 saturated heterocycles. The molecule has 2 N–H and O–H groups in total. The molecule has 0 aromatic carbocycles. The van der Waals surface area contributed by atoms with Crippen molar-refractivity contribution in [2.45, 2.75) is 31.9 Å². The predicted octanol–water partition coefficient (Wildman–Crippen LogP) is 0.512. The Morgan fingerprint density at radius 2 is 2.36 bits per heavy atom. The molecule has 2 heterocycles. The van der Waals surface area contributed by atoms with Crippen molar-refractivity contribution in [3.05, 3.63) is 18.0 Å². The third-order valence-corrected chi connectivity index (χ3v) is 2.78. The zero-order valence-corrected chi connectivity index (χ0v) is 8.64. The van der Waals surface area contributed by atoms with Gasteiger partial charge in [-0.15, -0.1) is 0 Å². The maximum atomic E-state index is 9.67. The van der Waals surface area contributed by atoms with Gasteiger partial charge in [0.05, 0.1) is 18.3 Å². The van der Waals surface area contributed by atoms with Gasteiger partial charge in [0, 0.05) is 19.3 Å². The predicted molar refractivity (Wildman–Crippen MR) is 54.2 cm³/mol. The summed E-state index contributed by atoms with van der Waals surface area (Å²) in [5.41, 5.74) is 1.23. The SMILES string of the molecule is CC(C)c1cnn(C2CNCC2O)c1. The van der Waals surface area contributed by atoms with Crippen LogP contribution in [0.5, 0.6) is 0 Å². The van der Waals surface area contributed by atoms with Gasteiger partial charge in [-0.1, -0.05) is 13.8 Å². The van der Waals surface area contributed by atoms with E-state index in [1.807, 2.05) is 17.1 Å². The minimum atomic E-state index is -0.310. The maximum absolute atomic E-state index is 9.67. The highest BCUT2D eigenvalue weighted by Crippen LogP contribution is 2.18. The van der Waals surface area contributed by atoms with Crippen molar-refractivity contribution < 1.29 is 5.11 Å². The first kappa shape index (κ1) is 9.68. The van der Waals surface area contributed by atoms with Crippen LogP contribution in [0.3, 0.4) is 0 Å². The summed E-state index contributed by atoms with van der Waals surface area (Å²) in [6, 6.07) is 0.0995. The van der Waals surface area contributed by atoms with E-state index in [0.29, 0.717) is 12.5 Å². The van der Waals surface area contributed by atoms with Gasteiger partial charge in [0.15, 0.2) is 0 Å². The number of hydrogen-bond donors (Lipinski definition) is 2. The van der Waals surface area contributed by atoms with Crippen molar-refractivity contribution in [1.82, 2.24) is 15.1 Å². The quantitative estimate of drug-likeness (QED) is 0.723. The number of aromatic nitrogens is 2. The number of aliphatic hydroxyl groups excluding tert-OH is 1. The van der Waals surface area contributed by atoms with Gasteiger partial charge >= 0.3 is 0 Å². The normalized spacial score (nSPS) is 27.4. The molecule has 0 bridgehead atoms. The highest BCUT2D eigenvalue weighted by Gasteiger charge is 2.27. The van der Waals surface area contributed by atoms with Crippen LogP contribution in [0.1, 0.15) is 31.4 Å². The van der Waals surface area contributed by atoms with Crippen molar-refractivity contribution in [2.24, 2.45) is 0 Å². The van der Waals surface area contributed by atoms with Crippen LogP contribution in [-0.2, 0) is 0 Å². The van der Waals surface area contributed by atoms with Crippen molar-refractivity contribution in [2.75, 3.05) is 13.1 Å². The molecule has 0 spiro atoms. The van der Waals surface area contributed by atoms with Gasteiger partial charge in [0.2, 0.25) is 0 Å². The van der Waals surface area contributed by atoms with Crippen LogP contribution in [0.4, 0.5) is 0 Å². The van der Waals surface area contributed by atoms with E-state index in [-0.39, 0.29) is 12.1 Å². The topological polar surface area (TPSA) is 50.1 Å². The lowest BCUT2D eigenvalue weighted by Gasteiger charge is -2.13. The van der Waals surface area contributed by atoms with Gasteiger partial charge in [0.1, 0.15) is 0 Å². The van der Waals surface area contributed by atoms with Gasteiger partial charge in [-0.25, -0.2) is 0 Å². The van der Waals surface area contributed by atoms with E-state index in [0.717, 1.165) is 6.54 Å². The molecule has 14 heavy (non-hydrogen) atoms. The summed E-state index contributed by atoms with van der Waals surface area (Å²) in [6.45, 7) is 5.76. The Kier molecular flexibility index (Phi) is 2.56. The number of aliphatic hydroxyl groups is 1. The fraction of sp³-hybridized carbons (Fsp3) is 0.700. The standard InChI is InChI=1S/C10H17N3O/c1-7(2)8-3-12-13(6-8)9-4-11-5-10(9)14/h3,6-7,9-11,14H,4-5H2,1-2H3. The second-order valence-corrected chi connectivity index (χ2v) is 4.20. The van der Waals surface area contributed by atoms with E-state index >= 15 is 0 Å². The molecule has 0 saturated carbocycles. The third kappa shape index (κ3) is 1.67. The van der Waals surface area contributed by atoms with Gasteiger partial charge in [0.25, 0.3) is 0 Å². The van der Waals surface area contributed by atoms with Gasteiger partial charge in [-0.05, 0) is 11.5 Å². The molecule has 1 aromatic rings. The molecule has 1 aromatic heterocycles. The Morgan fingerprint density at radius 3 is 2.86 bits per heavy atom. The summed E-state index contributed by atoms with van der Waals surface area (Å²) in [4.78, 5) is 0. The number of hydrogen-bond acceptors (Lipinski definition) is 3. The molecule has 2 rings (SSSR count). The van der Waals surface area contributed by atoms with E-state index in [4.69, 9.17) is 0 Å². The van der Waals surface area contributed by atoms with Crippen LogP contribution in [0.2, 0.25) is 0 Å². The first-order valence-corrected chi connectivity index (χ1v) is 5.11. The minimum absolute atomic E-state index is 0.0995. The summed E-state index contributed by atoms with van der Waals surface area (Å²) < 4.78 is 1.88. The minimum Gasteiger partial charge on any atom is -0.390 e. The average molecular weight is 195 g/mol. The molecule has 2 atom stereocenters. The largest absolute Gasteiger partial charge is 0.390 e. The van der Waals surface area contributed by atoms with Crippen LogP contribution >= 0.6 is 0 Å². The zero-order chi connectivity index (χ0) is 10.1. The highest BCUT2D eigenvalue weighted by molar-refractivity contribution is 5.10. The number of rotatable bonds is 2. The van der Waals surface area contributed by atoms with E-state index in [2.05, 4.69) is 24.3 Å². The van der Waals surface area contributed by atoms with Gasteiger partial charge in [-0.2, -0.15) is 5.10 Å². The van der Waals surface area contributed by atoms with Gasteiger partial charge in [-0.3, -0.25) is 4.68 Å². The van der Waals surface area contributed by atoms with E-state index in [1.165, 1.54) is 5.56 Å². The van der Waals surface area contributed by atoms with Crippen molar-refractivity contribution in [3.63, 3.8) is 0 Å². The van der Waals surface area contributed by atoms with Crippen LogP contribution in [-0.4, -0.2) is 34.1 Å². The third-order valence-electron chi connectivity index (χ3n) is 2.78. The van der Waals surface area contributed by atoms with Crippen LogP contribution in [0.25, 0.3) is 0 Å². The Hall–Kier alpha value is -0.870. The lowest BCUT2D eigenvalue weighted by Crippen LogP contribution is -2.22. The molecule has 1 aliphatic rings. The Labute approximate surface area is 83.9 Å². The van der Waals surface area contributed by atoms with Gasteiger partial charge < -0.3 is 10.4 Å². The van der Waals surface area contributed by atoms with Crippen molar-refractivity contribution in [1.29, 1.82) is 0 Å². The number of nitrogens with zero attached hydrogens (tertiary/aromatic N) is 2. The first-order chi connectivity index (χ1) is 6.68. The molecule has 1 fully saturated rings. The van der Waals surface area contributed by atoms with Crippen molar-refractivity contribution >= 4 is 0 Å². The van der Waals surface area contributed by atoms with Crippen molar-refractivity contribution in [3.8, 4) is 0 Å². The lowest BCUT2D eigenvalue weighted by molar-refractivity contribution is 0.145. The summed E-state index contributed by atoms with van der Waals surface area (Å²) in [5, 5.41) is 17.1. The lowest BCUT2D eigenvalue weighted by atomic mass is 10.1. The molecule has 4 heteroatoms. The molecule has 1 aliphatic heterocycles. The number of β-amino-alcohol motifs (C(OH)–C–C–N with tert-alkyl or cyclic N) is 1. The highest BCUT2D eigenvalue weighted by atomic mass is 16.3. The fourth-order valence-corrected chi connectivity index (χ4v) is 1.75. The number of nitrogens with one attached hydrogen (secondary N) is 1. The Bertz CT molecular complexity index is 308. The Morgan fingerprint density at radius 1 is 1.57 bits per heavy atom. The molecular formula is C10H17N3O. The molecule has 0 amide bonds. The second-order valence-electron chi connectivity index (χ2n) is 4.20. The summed E-state index contributed by atoms with van der Waals surface area (Å²) >= 11 is 0. The molecule has 4 nitrogen and oxygen atoms in total. The van der Waals surface area contributed by atoms with E-state index in [9.17, 15) is 5.11 Å². The fourth-order valence-electron chi connectivity index (χ4n) is 1.75. The van der Waals surface area contributed by atoms with E-state index < -0.39 is 0 Å².